The molecule has 0 aromatic carbocycles. The Labute approximate surface area is 381 Å². The van der Waals surface area contributed by atoms with E-state index in [9.17, 15) is 19.4 Å². The number of nitrogens with one attached hydrogen (secondary N) is 1. The first kappa shape index (κ1) is 59.4. The quantitative estimate of drug-likeness (QED) is 0.0244. The van der Waals surface area contributed by atoms with Crippen LogP contribution in [0.4, 0.5) is 0 Å². The first-order valence-electron chi connectivity index (χ1n) is 24.6. The summed E-state index contributed by atoms with van der Waals surface area (Å²) in [6.45, 7) is 4.58. The van der Waals surface area contributed by atoms with Crippen molar-refractivity contribution in [2.24, 2.45) is 0 Å². The normalized spacial score (nSPS) is 15.0. The molecule has 8 nitrogen and oxygen atoms in total. The van der Waals surface area contributed by atoms with Crippen molar-refractivity contribution < 1.29 is 32.9 Å². The van der Waals surface area contributed by atoms with Gasteiger partial charge in [0.25, 0.3) is 0 Å². The molecule has 3 atom stereocenters. The van der Waals surface area contributed by atoms with Crippen LogP contribution in [0.1, 0.15) is 181 Å². The highest BCUT2D eigenvalue weighted by atomic mass is 31.2. The molecular weight excluding hydrogens is 792 g/mol. The first-order valence-corrected chi connectivity index (χ1v) is 26.1. The van der Waals surface area contributed by atoms with Gasteiger partial charge < -0.3 is 19.8 Å². The average molecular weight is 886 g/mol. The highest BCUT2D eigenvalue weighted by Crippen LogP contribution is 2.43. The summed E-state index contributed by atoms with van der Waals surface area (Å²) < 4.78 is 23.3. The van der Waals surface area contributed by atoms with Crippen molar-refractivity contribution in [2.45, 2.75) is 193 Å². The summed E-state index contributed by atoms with van der Waals surface area (Å²) in [5, 5.41) is 13.6. The molecule has 0 aromatic rings. The summed E-state index contributed by atoms with van der Waals surface area (Å²) in [5.41, 5.74) is 0. The van der Waals surface area contributed by atoms with Crippen molar-refractivity contribution in [3.05, 3.63) is 97.2 Å². The Hall–Kier alpha value is -2.58. The van der Waals surface area contributed by atoms with Crippen LogP contribution in [0.15, 0.2) is 97.2 Å². The SMILES string of the molecule is CC/C=C\C/C=C\C/C=C\C/C=C\C/C=C\C/C=C\C/C=C\C/C=C\CCCCCCCCCCCCCCC(=O)NC(COP(=O)(O)OCC[N+](C)(C)C)C(O)CCCCC. The summed E-state index contributed by atoms with van der Waals surface area (Å²) in [6.07, 6.45) is 62.6. The van der Waals surface area contributed by atoms with E-state index in [0.29, 0.717) is 23.9 Å². The molecule has 0 aliphatic rings. The molecule has 0 spiro atoms. The van der Waals surface area contributed by atoms with Crippen molar-refractivity contribution in [2.75, 3.05) is 40.9 Å². The molecule has 3 N–H and O–H groups in total. The molecule has 0 rings (SSSR count). The second-order valence-electron chi connectivity index (χ2n) is 17.5. The predicted molar refractivity (Wildman–Crippen MR) is 267 cm³/mol. The fraction of sp³-hybridized carbons (Fsp3) is 0.679. The number of unbranched alkanes of at least 4 members (excludes halogenated alkanes) is 14. The van der Waals surface area contributed by atoms with Crippen LogP contribution >= 0.6 is 7.82 Å². The zero-order valence-electron chi connectivity index (χ0n) is 40.3. The Balaban J connectivity index is 3.82. The Morgan fingerprint density at radius 3 is 1.39 bits per heavy atom. The van der Waals surface area contributed by atoms with E-state index in [-0.39, 0.29) is 19.1 Å². The van der Waals surface area contributed by atoms with Crippen LogP contribution in [0.5, 0.6) is 0 Å². The highest BCUT2D eigenvalue weighted by molar-refractivity contribution is 7.47. The fourth-order valence-corrected chi connectivity index (χ4v) is 7.21. The Morgan fingerprint density at radius 1 is 0.565 bits per heavy atom. The molecule has 0 saturated heterocycles. The molecule has 9 heteroatoms. The molecule has 0 saturated carbocycles. The predicted octanol–water partition coefficient (Wildman–Crippen LogP) is 14.3. The number of rotatable bonds is 43. The van der Waals surface area contributed by atoms with Gasteiger partial charge in [0.15, 0.2) is 0 Å². The monoisotopic (exact) mass is 886 g/mol. The van der Waals surface area contributed by atoms with Gasteiger partial charge in [-0.05, 0) is 77.0 Å². The van der Waals surface area contributed by atoms with E-state index in [1.165, 1.54) is 64.2 Å². The van der Waals surface area contributed by atoms with Gasteiger partial charge in [-0.25, -0.2) is 4.57 Å². The van der Waals surface area contributed by atoms with Crippen LogP contribution in [0, 0.1) is 0 Å². The molecule has 62 heavy (non-hydrogen) atoms. The number of quaternary nitrogens is 1. The lowest BCUT2D eigenvalue weighted by Gasteiger charge is -2.26. The van der Waals surface area contributed by atoms with Crippen molar-refractivity contribution in [1.82, 2.24) is 5.32 Å². The van der Waals surface area contributed by atoms with E-state index in [0.717, 1.165) is 89.9 Å². The van der Waals surface area contributed by atoms with Crippen molar-refractivity contribution >= 4 is 13.7 Å². The highest BCUT2D eigenvalue weighted by Gasteiger charge is 2.28. The minimum atomic E-state index is -4.30. The number of phosphoric ester groups is 1. The smallest absolute Gasteiger partial charge is 0.391 e. The number of allylic oxidation sites excluding steroid dienone is 16. The summed E-state index contributed by atoms with van der Waals surface area (Å²) in [7, 11) is 1.59. The molecule has 3 unspecified atom stereocenters. The van der Waals surface area contributed by atoms with E-state index in [4.69, 9.17) is 9.05 Å². The van der Waals surface area contributed by atoms with E-state index in [2.05, 4.69) is 116 Å². The maximum absolute atomic E-state index is 12.7. The molecule has 1 amide bonds. The van der Waals surface area contributed by atoms with Crippen molar-refractivity contribution in [1.29, 1.82) is 0 Å². The van der Waals surface area contributed by atoms with Gasteiger partial charge in [-0.2, -0.15) is 0 Å². The number of phosphoric acid groups is 1. The fourth-order valence-electron chi connectivity index (χ4n) is 6.47. The van der Waals surface area contributed by atoms with E-state index in [1.807, 2.05) is 21.1 Å². The van der Waals surface area contributed by atoms with E-state index in [1.54, 1.807) is 0 Å². The number of hydrogen-bond donors (Lipinski definition) is 3. The topological polar surface area (TPSA) is 105 Å². The zero-order chi connectivity index (χ0) is 45.7. The molecule has 0 aliphatic heterocycles. The number of aliphatic hydroxyl groups excluding tert-OH is 1. The summed E-state index contributed by atoms with van der Waals surface area (Å²) in [5.74, 6) is -0.163. The van der Waals surface area contributed by atoms with Crippen molar-refractivity contribution in [3.63, 3.8) is 0 Å². The summed E-state index contributed by atoms with van der Waals surface area (Å²) >= 11 is 0. The largest absolute Gasteiger partial charge is 0.472 e. The van der Waals surface area contributed by atoms with Gasteiger partial charge in [0, 0.05) is 6.42 Å². The van der Waals surface area contributed by atoms with Crippen LogP contribution in [-0.4, -0.2) is 73.4 Å². The van der Waals surface area contributed by atoms with Crippen molar-refractivity contribution in [3.8, 4) is 0 Å². The lowest BCUT2D eigenvalue weighted by atomic mass is 10.0. The molecule has 0 heterocycles. The van der Waals surface area contributed by atoms with Crippen LogP contribution in [-0.2, 0) is 18.4 Å². The number of nitrogens with zero attached hydrogens (tertiary/aromatic N) is 1. The standard InChI is InChI=1S/C53H93N2O6P/c1-6-8-10-11-12-13-14-15-16-17-18-19-20-21-22-23-24-25-26-27-28-29-30-31-32-33-34-35-36-37-38-39-40-41-42-43-45-47-53(57)54-51(52(56)46-44-9-7-2)50-61-62(58,59)60-49-48-55(3,4)5/h8,10,12-13,15-16,18-19,21-22,24-25,27-28,30-31,51-52,56H,6-7,9,11,14,17,20,23,26,29,32-50H2,1-5H3,(H-,54,57,58,59)/p+1/b10-8-,13-12-,16-15-,19-18-,22-21-,25-24-,28-27-,31-30-. The van der Waals surface area contributed by atoms with E-state index >= 15 is 0 Å². The average Bonchev–Trinajstić information content (AvgIpc) is 3.23. The number of likely N-dealkylation sites (N-methyl/N-ethyl adjacent to an activating group) is 1. The third kappa shape index (κ3) is 45.4. The molecule has 0 fully saturated rings. The maximum atomic E-state index is 12.7. The van der Waals surface area contributed by atoms with Gasteiger partial charge in [0.2, 0.25) is 5.91 Å². The van der Waals surface area contributed by atoms with Gasteiger partial charge in [0.05, 0.1) is 39.9 Å². The summed E-state index contributed by atoms with van der Waals surface area (Å²) in [6, 6.07) is -0.762. The molecule has 0 aliphatic carbocycles. The Bertz CT molecular complexity index is 1330. The number of hydrogen-bond acceptors (Lipinski definition) is 5. The molecule has 0 radical (unpaired) electrons. The van der Waals surface area contributed by atoms with Gasteiger partial charge in [0.1, 0.15) is 13.2 Å². The number of carbonyl (C=O) groups excluding carboxylic acids is 1. The van der Waals surface area contributed by atoms with Crippen LogP contribution in [0.2, 0.25) is 0 Å². The number of carbonyl (C=O) groups is 1. The van der Waals surface area contributed by atoms with Crippen LogP contribution < -0.4 is 5.32 Å². The minimum absolute atomic E-state index is 0.0686. The van der Waals surface area contributed by atoms with Gasteiger partial charge in [-0.3, -0.25) is 13.8 Å². The van der Waals surface area contributed by atoms with E-state index < -0.39 is 20.0 Å². The van der Waals surface area contributed by atoms with Crippen LogP contribution in [0.3, 0.4) is 0 Å². The molecular formula is C53H94N2O6P+. The number of aliphatic hydroxyl groups is 1. The second kappa shape index (κ2) is 43.7. The molecule has 0 aromatic heterocycles. The Kier molecular flexibility index (Phi) is 41.8. The van der Waals surface area contributed by atoms with Gasteiger partial charge >= 0.3 is 7.82 Å². The second-order valence-corrected chi connectivity index (χ2v) is 18.9. The summed E-state index contributed by atoms with van der Waals surface area (Å²) in [4.78, 5) is 22.9. The minimum Gasteiger partial charge on any atom is -0.391 e. The Morgan fingerprint density at radius 2 is 0.968 bits per heavy atom. The lowest BCUT2D eigenvalue weighted by Crippen LogP contribution is -2.46. The molecule has 356 valence electrons. The lowest BCUT2D eigenvalue weighted by molar-refractivity contribution is -0.870. The third-order valence-corrected chi connectivity index (χ3v) is 11.3. The van der Waals surface area contributed by atoms with Crippen LogP contribution in [0.25, 0.3) is 0 Å². The third-order valence-electron chi connectivity index (χ3n) is 10.3. The first-order chi connectivity index (χ1) is 30.0. The maximum Gasteiger partial charge on any atom is 0.472 e. The van der Waals surface area contributed by atoms with Gasteiger partial charge in [-0.1, -0.05) is 195 Å². The zero-order valence-corrected chi connectivity index (χ0v) is 41.2. The molecule has 0 bridgehead atoms. The van der Waals surface area contributed by atoms with Gasteiger partial charge in [-0.15, -0.1) is 0 Å². The number of amides is 1.